The van der Waals surface area contributed by atoms with Crippen LogP contribution < -0.4 is 4.90 Å². The van der Waals surface area contributed by atoms with Crippen LogP contribution in [-0.4, -0.2) is 26.5 Å². The van der Waals surface area contributed by atoms with Crippen molar-refractivity contribution in [1.82, 2.24) is 19.9 Å². The van der Waals surface area contributed by atoms with E-state index in [4.69, 9.17) is 4.98 Å². The van der Waals surface area contributed by atoms with Crippen molar-refractivity contribution in [2.24, 2.45) is 0 Å². The minimum absolute atomic E-state index is 0.770. The summed E-state index contributed by atoms with van der Waals surface area (Å²) in [6, 6.07) is 7.95. The van der Waals surface area contributed by atoms with Crippen molar-refractivity contribution in [2.45, 2.75) is 19.9 Å². The van der Waals surface area contributed by atoms with E-state index in [2.05, 4.69) is 19.9 Å². The third kappa shape index (κ3) is 2.20. The summed E-state index contributed by atoms with van der Waals surface area (Å²) in [4.78, 5) is 20.3. The molecule has 104 valence electrons. The lowest BCUT2D eigenvalue weighted by atomic mass is 10.1. The smallest absolute Gasteiger partial charge is 0.148 e. The average Bonchev–Trinajstić information content (AvgIpc) is 2.53. The van der Waals surface area contributed by atoms with E-state index in [-0.39, 0.29) is 0 Å². The second-order valence-electron chi connectivity index (χ2n) is 5.28. The Kier molecular flexibility index (Phi) is 2.77. The van der Waals surface area contributed by atoms with Crippen molar-refractivity contribution in [3.8, 4) is 0 Å². The predicted molar refractivity (Wildman–Crippen MR) is 81.1 cm³/mol. The van der Waals surface area contributed by atoms with Crippen molar-refractivity contribution < 1.29 is 0 Å². The van der Waals surface area contributed by atoms with Crippen molar-refractivity contribution in [3.05, 3.63) is 53.7 Å². The maximum Gasteiger partial charge on any atom is 0.148 e. The summed E-state index contributed by atoms with van der Waals surface area (Å²) in [6.07, 6.45) is 4.74. The first-order valence-corrected chi connectivity index (χ1v) is 7.08. The van der Waals surface area contributed by atoms with Gasteiger partial charge in [0.2, 0.25) is 0 Å². The highest BCUT2D eigenvalue weighted by Crippen LogP contribution is 2.22. The Balaban J connectivity index is 1.70. The first-order valence-electron chi connectivity index (χ1n) is 7.08. The van der Waals surface area contributed by atoms with Crippen LogP contribution in [0.15, 0.2) is 36.7 Å². The molecule has 0 spiro atoms. The first-order chi connectivity index (χ1) is 10.3. The number of nitrogens with zero attached hydrogens (tertiary/aromatic N) is 5. The van der Waals surface area contributed by atoms with E-state index < -0.39 is 0 Å². The molecule has 0 amide bonds. The Morgan fingerprint density at radius 1 is 1.00 bits per heavy atom. The number of benzene rings is 1. The molecule has 1 aliphatic rings. The molecule has 1 aromatic carbocycles. The summed E-state index contributed by atoms with van der Waals surface area (Å²) < 4.78 is 0. The minimum Gasteiger partial charge on any atom is -0.349 e. The predicted octanol–water partition coefficient (Wildman–Crippen LogP) is 2.29. The Morgan fingerprint density at radius 3 is 2.76 bits per heavy atom. The molecule has 3 aromatic rings. The maximum absolute atomic E-state index is 4.71. The van der Waals surface area contributed by atoms with E-state index in [1.807, 2.05) is 43.6 Å². The van der Waals surface area contributed by atoms with Gasteiger partial charge in [-0.3, -0.25) is 4.98 Å². The van der Waals surface area contributed by atoms with Gasteiger partial charge >= 0.3 is 0 Å². The Hall–Kier alpha value is -2.56. The highest BCUT2D eigenvalue weighted by Gasteiger charge is 2.19. The maximum atomic E-state index is 4.71. The lowest BCUT2D eigenvalue weighted by molar-refractivity contribution is 0.689. The monoisotopic (exact) mass is 277 g/mol. The molecule has 0 fully saturated rings. The molecule has 0 saturated carbocycles. The molecule has 4 rings (SSSR count). The Morgan fingerprint density at radius 2 is 1.86 bits per heavy atom. The molecule has 0 saturated heterocycles. The molecule has 21 heavy (non-hydrogen) atoms. The van der Waals surface area contributed by atoms with Gasteiger partial charge in [0.25, 0.3) is 0 Å². The topological polar surface area (TPSA) is 54.8 Å². The van der Waals surface area contributed by atoms with Crippen LogP contribution in [0.1, 0.15) is 17.1 Å². The second-order valence-corrected chi connectivity index (χ2v) is 5.28. The fraction of sp³-hybridized carbons (Fsp3) is 0.250. The molecule has 0 N–H and O–H groups in total. The van der Waals surface area contributed by atoms with Crippen LogP contribution >= 0.6 is 0 Å². The van der Waals surface area contributed by atoms with Crippen LogP contribution in [0.25, 0.3) is 11.0 Å². The lowest BCUT2D eigenvalue weighted by Crippen LogP contribution is -2.32. The largest absolute Gasteiger partial charge is 0.349 e. The summed E-state index contributed by atoms with van der Waals surface area (Å²) in [5.74, 6) is 1.73. The standard InChI is InChI=1S/C16H15N5/c1-11-17-8-12-6-7-21(10-15(12)19-11)16-9-18-13-4-2-3-5-14(13)20-16/h2-5,8-9H,6-7,10H2,1H3. The van der Waals surface area contributed by atoms with E-state index in [0.717, 1.165) is 47.9 Å². The summed E-state index contributed by atoms with van der Waals surface area (Å²) in [5, 5.41) is 0. The SMILES string of the molecule is Cc1ncc2c(n1)CN(c1cnc3ccccc3n1)CC2. The fourth-order valence-electron chi connectivity index (χ4n) is 2.70. The molecule has 0 aliphatic carbocycles. The summed E-state index contributed by atoms with van der Waals surface area (Å²) >= 11 is 0. The van der Waals surface area contributed by atoms with Crippen LogP contribution in [0.5, 0.6) is 0 Å². The van der Waals surface area contributed by atoms with Crippen molar-refractivity contribution in [2.75, 3.05) is 11.4 Å². The minimum atomic E-state index is 0.770. The normalized spacial score (nSPS) is 14.2. The van der Waals surface area contributed by atoms with Crippen LogP contribution in [-0.2, 0) is 13.0 Å². The number of anilines is 1. The molecular weight excluding hydrogens is 262 g/mol. The number of hydrogen-bond acceptors (Lipinski definition) is 5. The van der Waals surface area contributed by atoms with E-state index in [0.29, 0.717) is 0 Å². The zero-order valence-electron chi connectivity index (χ0n) is 11.8. The van der Waals surface area contributed by atoms with Gasteiger partial charge in [0.1, 0.15) is 11.6 Å². The zero-order valence-corrected chi connectivity index (χ0v) is 11.8. The number of para-hydroxylation sites is 2. The Bertz CT molecular complexity index is 815. The van der Waals surface area contributed by atoms with Gasteiger partial charge in [-0.15, -0.1) is 0 Å². The van der Waals surface area contributed by atoms with Gasteiger partial charge in [-0.1, -0.05) is 12.1 Å². The number of aromatic nitrogens is 4. The fourth-order valence-corrected chi connectivity index (χ4v) is 2.70. The van der Waals surface area contributed by atoms with Crippen LogP contribution in [0.4, 0.5) is 5.82 Å². The van der Waals surface area contributed by atoms with Gasteiger partial charge in [-0.2, -0.15) is 0 Å². The second kappa shape index (κ2) is 4.77. The van der Waals surface area contributed by atoms with Gasteiger partial charge in [0, 0.05) is 12.7 Å². The summed E-state index contributed by atoms with van der Waals surface area (Å²) in [6.45, 7) is 3.62. The molecule has 5 heteroatoms. The summed E-state index contributed by atoms with van der Waals surface area (Å²) in [5.41, 5.74) is 4.20. The molecule has 0 atom stereocenters. The quantitative estimate of drug-likeness (QED) is 0.683. The van der Waals surface area contributed by atoms with E-state index >= 15 is 0 Å². The van der Waals surface area contributed by atoms with E-state index in [1.54, 1.807) is 0 Å². The van der Waals surface area contributed by atoms with Crippen molar-refractivity contribution >= 4 is 16.9 Å². The highest BCUT2D eigenvalue weighted by atomic mass is 15.2. The molecule has 5 nitrogen and oxygen atoms in total. The molecule has 1 aliphatic heterocycles. The van der Waals surface area contributed by atoms with E-state index in [9.17, 15) is 0 Å². The van der Waals surface area contributed by atoms with Gasteiger partial charge in [-0.25, -0.2) is 15.0 Å². The van der Waals surface area contributed by atoms with Crippen LogP contribution in [0, 0.1) is 6.92 Å². The number of aryl methyl sites for hydroxylation is 1. The highest BCUT2D eigenvalue weighted by molar-refractivity contribution is 5.75. The zero-order chi connectivity index (χ0) is 14.2. The van der Waals surface area contributed by atoms with Gasteiger partial charge < -0.3 is 4.90 Å². The van der Waals surface area contributed by atoms with Crippen LogP contribution in [0.2, 0.25) is 0 Å². The van der Waals surface area contributed by atoms with Gasteiger partial charge in [-0.05, 0) is 31.0 Å². The molecule has 3 heterocycles. The number of fused-ring (bicyclic) bond motifs is 2. The number of rotatable bonds is 1. The van der Waals surface area contributed by atoms with E-state index in [1.165, 1.54) is 5.56 Å². The van der Waals surface area contributed by atoms with Crippen molar-refractivity contribution in [3.63, 3.8) is 0 Å². The number of hydrogen-bond donors (Lipinski definition) is 0. The molecule has 0 unspecified atom stereocenters. The van der Waals surface area contributed by atoms with Crippen LogP contribution in [0.3, 0.4) is 0 Å². The molecule has 0 bridgehead atoms. The summed E-state index contributed by atoms with van der Waals surface area (Å²) in [7, 11) is 0. The van der Waals surface area contributed by atoms with Crippen molar-refractivity contribution in [1.29, 1.82) is 0 Å². The first kappa shape index (κ1) is 12.2. The third-order valence-corrected chi connectivity index (χ3v) is 3.83. The van der Waals surface area contributed by atoms with Gasteiger partial charge in [0.15, 0.2) is 0 Å². The third-order valence-electron chi connectivity index (χ3n) is 3.83. The molecule has 0 radical (unpaired) electrons. The molecular formula is C16H15N5. The molecule has 2 aromatic heterocycles. The average molecular weight is 277 g/mol. The van der Waals surface area contributed by atoms with Gasteiger partial charge in [0.05, 0.1) is 29.5 Å². The Labute approximate surface area is 122 Å². The lowest BCUT2D eigenvalue weighted by Gasteiger charge is -2.28.